The molecule has 2 aromatic rings. The second-order valence-corrected chi connectivity index (χ2v) is 7.43. The van der Waals surface area contributed by atoms with Gasteiger partial charge in [0.15, 0.2) is 5.16 Å². The maximum Gasteiger partial charge on any atom is 0.336 e. The van der Waals surface area contributed by atoms with Gasteiger partial charge in [0.25, 0.3) is 5.56 Å². The minimum atomic E-state index is -0.697. The van der Waals surface area contributed by atoms with E-state index >= 15 is 0 Å². The normalized spacial score (nSPS) is 15.8. The van der Waals surface area contributed by atoms with E-state index in [-0.39, 0.29) is 12.2 Å². The van der Waals surface area contributed by atoms with Gasteiger partial charge in [-0.15, -0.1) is 0 Å². The lowest BCUT2D eigenvalue weighted by Crippen LogP contribution is -2.31. The zero-order valence-electron chi connectivity index (χ0n) is 16.0. The molecule has 0 fully saturated rings. The predicted octanol–water partition coefficient (Wildman–Crippen LogP) is 3.81. The minimum absolute atomic E-state index is 0.208. The molecule has 1 atom stereocenters. The van der Waals surface area contributed by atoms with Crippen LogP contribution in [-0.4, -0.2) is 28.3 Å². The van der Waals surface area contributed by atoms with Crippen molar-refractivity contribution in [2.75, 3.05) is 17.7 Å². The number of nitrogens with zero attached hydrogens (tertiary/aromatic N) is 1. The van der Waals surface area contributed by atoms with E-state index in [1.54, 1.807) is 26.0 Å². The quantitative estimate of drug-likeness (QED) is 0.434. The summed E-state index contributed by atoms with van der Waals surface area (Å²) in [4.78, 5) is 32.9. The van der Waals surface area contributed by atoms with Gasteiger partial charge in [0.1, 0.15) is 11.6 Å². The third-order valence-electron chi connectivity index (χ3n) is 4.36. The van der Waals surface area contributed by atoms with Gasteiger partial charge < -0.3 is 15.0 Å². The Morgan fingerprint density at radius 1 is 1.29 bits per heavy atom. The van der Waals surface area contributed by atoms with Gasteiger partial charge in [-0.05, 0) is 38.0 Å². The number of anilines is 1. The van der Waals surface area contributed by atoms with Crippen LogP contribution in [0.1, 0.15) is 44.2 Å². The first-order valence-corrected chi connectivity index (χ1v) is 10.1. The van der Waals surface area contributed by atoms with Gasteiger partial charge in [0.2, 0.25) is 0 Å². The predicted molar refractivity (Wildman–Crippen MR) is 107 cm³/mol. The molecular formula is C20H22FN3O3S. The second kappa shape index (κ2) is 8.60. The molecule has 148 valence electrons. The molecule has 1 aliphatic heterocycles. The van der Waals surface area contributed by atoms with Crippen LogP contribution in [0.15, 0.2) is 45.5 Å². The van der Waals surface area contributed by atoms with Crippen LogP contribution in [0.25, 0.3) is 0 Å². The monoisotopic (exact) mass is 403 g/mol. The van der Waals surface area contributed by atoms with Crippen molar-refractivity contribution in [2.45, 2.75) is 38.3 Å². The van der Waals surface area contributed by atoms with Crippen molar-refractivity contribution in [3.05, 3.63) is 62.8 Å². The third kappa shape index (κ3) is 3.96. The molecule has 0 bridgehead atoms. The summed E-state index contributed by atoms with van der Waals surface area (Å²) in [7, 11) is 0. The number of fused-ring (bicyclic) bond motifs is 1. The number of allylic oxidation sites excluding steroid dienone is 1. The van der Waals surface area contributed by atoms with Crippen LogP contribution in [0.5, 0.6) is 0 Å². The molecule has 8 heteroatoms. The fraction of sp³-hybridized carbons (Fsp3) is 0.350. The van der Waals surface area contributed by atoms with Gasteiger partial charge in [-0.25, -0.2) is 14.2 Å². The number of hydrogen-bond acceptors (Lipinski definition) is 6. The van der Waals surface area contributed by atoms with Gasteiger partial charge in [-0.1, -0.05) is 30.8 Å². The second-order valence-electron chi connectivity index (χ2n) is 6.35. The number of aromatic amines is 1. The van der Waals surface area contributed by atoms with E-state index < -0.39 is 17.7 Å². The molecule has 1 unspecified atom stereocenters. The largest absolute Gasteiger partial charge is 0.463 e. The van der Waals surface area contributed by atoms with E-state index in [9.17, 15) is 14.0 Å². The summed E-state index contributed by atoms with van der Waals surface area (Å²) in [6.07, 6.45) is 0.947. The molecule has 0 saturated heterocycles. The summed E-state index contributed by atoms with van der Waals surface area (Å²) < 4.78 is 18.7. The molecule has 0 radical (unpaired) electrons. The van der Waals surface area contributed by atoms with E-state index in [1.165, 1.54) is 23.9 Å². The molecule has 0 aliphatic carbocycles. The lowest BCUT2D eigenvalue weighted by molar-refractivity contribution is -0.138. The van der Waals surface area contributed by atoms with Crippen LogP contribution in [-0.2, 0) is 9.53 Å². The Balaban J connectivity index is 2.18. The standard InChI is InChI=1S/C20H22FN3O3S/c1-4-10-28-20-23-17-16(18(25)24-20)15(12-6-8-13(21)9-7-12)14(11(3)22-17)19(26)27-5-2/h6-9,15H,4-5,10H2,1-3H3,(H2,22,23,24,25). The number of aromatic nitrogens is 2. The molecule has 0 saturated carbocycles. The van der Waals surface area contributed by atoms with Crippen LogP contribution in [0.2, 0.25) is 0 Å². The smallest absolute Gasteiger partial charge is 0.336 e. The van der Waals surface area contributed by atoms with Crippen LogP contribution in [0.4, 0.5) is 10.2 Å². The number of carbonyl (C=O) groups is 1. The van der Waals surface area contributed by atoms with Crippen molar-refractivity contribution >= 4 is 23.5 Å². The Labute approximate surface area is 166 Å². The summed E-state index contributed by atoms with van der Waals surface area (Å²) >= 11 is 1.46. The highest BCUT2D eigenvalue weighted by atomic mass is 32.2. The molecule has 2 N–H and O–H groups in total. The van der Waals surface area contributed by atoms with Crippen molar-refractivity contribution < 1.29 is 13.9 Å². The zero-order chi connectivity index (χ0) is 20.3. The number of thioether (sulfide) groups is 1. The van der Waals surface area contributed by atoms with Crippen molar-refractivity contribution in [3.8, 4) is 0 Å². The zero-order valence-corrected chi connectivity index (χ0v) is 16.8. The van der Waals surface area contributed by atoms with E-state index in [1.807, 2.05) is 6.92 Å². The fourth-order valence-corrected chi connectivity index (χ4v) is 3.88. The summed E-state index contributed by atoms with van der Waals surface area (Å²) in [6, 6.07) is 5.76. The average molecular weight is 403 g/mol. The highest BCUT2D eigenvalue weighted by molar-refractivity contribution is 7.99. The average Bonchev–Trinajstić information content (AvgIpc) is 2.66. The first-order valence-electron chi connectivity index (χ1n) is 9.13. The topological polar surface area (TPSA) is 84.1 Å². The van der Waals surface area contributed by atoms with Gasteiger partial charge in [-0.3, -0.25) is 4.79 Å². The highest BCUT2D eigenvalue weighted by Gasteiger charge is 2.36. The van der Waals surface area contributed by atoms with Gasteiger partial charge in [0, 0.05) is 11.4 Å². The fourth-order valence-electron chi connectivity index (χ4n) is 3.17. The molecule has 1 aromatic carbocycles. The number of carbonyl (C=O) groups excluding carboxylic acids is 1. The molecule has 0 spiro atoms. The summed E-state index contributed by atoms with van der Waals surface area (Å²) in [5, 5.41) is 3.60. The number of ether oxygens (including phenoxy) is 1. The molecular weight excluding hydrogens is 381 g/mol. The minimum Gasteiger partial charge on any atom is -0.463 e. The number of nitrogens with one attached hydrogen (secondary N) is 2. The molecule has 6 nitrogen and oxygen atoms in total. The Kier molecular flexibility index (Phi) is 6.18. The van der Waals surface area contributed by atoms with E-state index in [2.05, 4.69) is 15.3 Å². The Morgan fingerprint density at radius 2 is 2.00 bits per heavy atom. The van der Waals surface area contributed by atoms with Crippen molar-refractivity contribution in [1.29, 1.82) is 0 Å². The van der Waals surface area contributed by atoms with E-state index in [0.717, 1.165) is 12.2 Å². The maximum atomic E-state index is 13.5. The molecule has 1 aliphatic rings. The van der Waals surface area contributed by atoms with E-state index in [0.29, 0.717) is 33.4 Å². The number of rotatable bonds is 6. The first-order chi connectivity index (χ1) is 13.5. The van der Waals surface area contributed by atoms with Crippen LogP contribution < -0.4 is 10.9 Å². The molecule has 28 heavy (non-hydrogen) atoms. The number of H-pyrrole nitrogens is 1. The Hall–Kier alpha value is -2.61. The summed E-state index contributed by atoms with van der Waals surface area (Å²) in [5.74, 6) is -0.378. The van der Waals surface area contributed by atoms with Crippen LogP contribution in [0, 0.1) is 5.82 Å². The van der Waals surface area contributed by atoms with Crippen molar-refractivity contribution in [3.63, 3.8) is 0 Å². The summed E-state index contributed by atoms with van der Waals surface area (Å²) in [6.45, 7) is 5.72. The lowest BCUT2D eigenvalue weighted by atomic mass is 9.82. The van der Waals surface area contributed by atoms with Gasteiger partial charge in [0.05, 0.1) is 23.7 Å². The molecule has 3 rings (SSSR count). The third-order valence-corrected chi connectivity index (χ3v) is 5.44. The molecule has 2 heterocycles. The van der Waals surface area contributed by atoms with Crippen LogP contribution >= 0.6 is 11.8 Å². The molecule has 0 amide bonds. The first kappa shape index (κ1) is 20.1. The number of halogens is 1. The Bertz CT molecular complexity index is 970. The van der Waals surface area contributed by atoms with Crippen LogP contribution in [0.3, 0.4) is 0 Å². The van der Waals surface area contributed by atoms with E-state index in [4.69, 9.17) is 4.74 Å². The van der Waals surface area contributed by atoms with Gasteiger partial charge in [-0.2, -0.15) is 0 Å². The van der Waals surface area contributed by atoms with Crippen molar-refractivity contribution in [2.24, 2.45) is 0 Å². The maximum absolute atomic E-state index is 13.5. The lowest BCUT2D eigenvalue weighted by Gasteiger charge is -2.28. The Morgan fingerprint density at radius 3 is 2.64 bits per heavy atom. The van der Waals surface area contributed by atoms with Gasteiger partial charge >= 0.3 is 5.97 Å². The van der Waals surface area contributed by atoms with Crippen molar-refractivity contribution in [1.82, 2.24) is 9.97 Å². The number of hydrogen-bond donors (Lipinski definition) is 2. The summed E-state index contributed by atoms with van der Waals surface area (Å²) in [5.41, 5.74) is 1.49. The highest BCUT2D eigenvalue weighted by Crippen LogP contribution is 2.40. The SMILES string of the molecule is CCCSc1nc2c(c(=O)[nH]1)C(c1ccc(F)cc1)C(C(=O)OCC)=C(C)N2. The number of benzene rings is 1. The molecule has 1 aromatic heterocycles. The number of esters is 1.